The van der Waals surface area contributed by atoms with E-state index in [0.29, 0.717) is 18.5 Å². The van der Waals surface area contributed by atoms with E-state index in [4.69, 9.17) is 15.5 Å². The standard InChI is InChI=1S/C23H33N7O2/c1-3-7-19(8-11-31)32-23-27-20(24)22-26-15-18(30(22)28-23)13-17-12-16(2)21(25-14-17)29-9-5-4-6-10-29/h12,14-15,19,31H,3-11,13H2,1-2H3,(H2,24,27,28). The molecule has 3 N–H and O–H groups in total. The van der Waals surface area contributed by atoms with Gasteiger partial charge in [0.25, 0.3) is 0 Å². The highest BCUT2D eigenvalue weighted by molar-refractivity contribution is 5.60. The molecule has 172 valence electrons. The zero-order valence-electron chi connectivity index (χ0n) is 19.0. The molecule has 3 aromatic rings. The number of pyridine rings is 1. The van der Waals surface area contributed by atoms with Crippen molar-refractivity contribution in [3.05, 3.63) is 35.3 Å². The van der Waals surface area contributed by atoms with Crippen molar-refractivity contribution in [3.8, 4) is 6.01 Å². The van der Waals surface area contributed by atoms with Crippen LogP contribution >= 0.6 is 0 Å². The van der Waals surface area contributed by atoms with Gasteiger partial charge in [0.1, 0.15) is 11.9 Å². The first-order valence-electron chi connectivity index (χ1n) is 11.6. The molecule has 9 nitrogen and oxygen atoms in total. The second-order valence-electron chi connectivity index (χ2n) is 8.51. The van der Waals surface area contributed by atoms with E-state index < -0.39 is 0 Å². The number of hydrogen-bond donors (Lipinski definition) is 2. The first-order valence-corrected chi connectivity index (χ1v) is 11.6. The Labute approximate surface area is 188 Å². The second-order valence-corrected chi connectivity index (χ2v) is 8.51. The molecular formula is C23H33N7O2. The zero-order valence-corrected chi connectivity index (χ0v) is 19.0. The van der Waals surface area contributed by atoms with Crippen molar-refractivity contribution in [2.45, 2.75) is 64.9 Å². The van der Waals surface area contributed by atoms with Crippen LogP contribution < -0.4 is 15.4 Å². The topological polar surface area (TPSA) is 115 Å². The molecule has 0 saturated carbocycles. The number of ether oxygens (including phenoxy) is 1. The van der Waals surface area contributed by atoms with Crippen LogP contribution in [0.15, 0.2) is 18.5 Å². The van der Waals surface area contributed by atoms with E-state index in [1.807, 2.05) is 6.20 Å². The summed E-state index contributed by atoms with van der Waals surface area (Å²) in [5.74, 6) is 1.36. The summed E-state index contributed by atoms with van der Waals surface area (Å²) in [4.78, 5) is 15.8. The lowest BCUT2D eigenvalue weighted by molar-refractivity contribution is 0.133. The van der Waals surface area contributed by atoms with Crippen LogP contribution in [0, 0.1) is 6.92 Å². The lowest BCUT2D eigenvalue weighted by Gasteiger charge is -2.29. The third-order valence-corrected chi connectivity index (χ3v) is 5.92. The largest absolute Gasteiger partial charge is 0.459 e. The smallest absolute Gasteiger partial charge is 0.336 e. The number of aromatic nitrogens is 5. The minimum atomic E-state index is -0.150. The summed E-state index contributed by atoms with van der Waals surface area (Å²) >= 11 is 0. The maximum absolute atomic E-state index is 9.30. The quantitative estimate of drug-likeness (QED) is 0.523. The molecule has 1 unspecified atom stereocenters. The van der Waals surface area contributed by atoms with Crippen molar-refractivity contribution in [3.63, 3.8) is 0 Å². The number of piperidine rings is 1. The van der Waals surface area contributed by atoms with Crippen LogP contribution in [0.4, 0.5) is 11.6 Å². The monoisotopic (exact) mass is 439 g/mol. The minimum Gasteiger partial charge on any atom is -0.459 e. The molecule has 1 aliphatic heterocycles. The number of rotatable bonds is 9. The number of aryl methyl sites for hydroxylation is 1. The Bertz CT molecular complexity index is 1040. The van der Waals surface area contributed by atoms with Crippen molar-refractivity contribution in [2.75, 3.05) is 30.3 Å². The van der Waals surface area contributed by atoms with Crippen molar-refractivity contribution in [1.29, 1.82) is 0 Å². The highest BCUT2D eigenvalue weighted by Crippen LogP contribution is 2.24. The van der Waals surface area contributed by atoms with E-state index in [-0.39, 0.29) is 24.5 Å². The van der Waals surface area contributed by atoms with Crippen molar-refractivity contribution >= 4 is 17.3 Å². The van der Waals surface area contributed by atoms with Crippen LogP contribution in [0.5, 0.6) is 6.01 Å². The predicted octanol–water partition coefficient (Wildman–Crippen LogP) is 2.92. The van der Waals surface area contributed by atoms with Gasteiger partial charge < -0.3 is 20.5 Å². The van der Waals surface area contributed by atoms with E-state index in [0.717, 1.165) is 43.0 Å². The van der Waals surface area contributed by atoms with E-state index in [9.17, 15) is 5.11 Å². The highest BCUT2D eigenvalue weighted by atomic mass is 16.5. The number of aliphatic hydroxyl groups is 1. The van der Waals surface area contributed by atoms with Gasteiger partial charge in [0, 0.05) is 38.7 Å². The van der Waals surface area contributed by atoms with E-state index in [1.165, 1.54) is 24.8 Å². The molecule has 1 aliphatic rings. The summed E-state index contributed by atoms with van der Waals surface area (Å²) in [5.41, 5.74) is 9.81. The summed E-state index contributed by atoms with van der Waals surface area (Å²) in [7, 11) is 0. The molecule has 3 aromatic heterocycles. The van der Waals surface area contributed by atoms with Crippen LogP contribution in [0.1, 0.15) is 62.3 Å². The van der Waals surface area contributed by atoms with Crippen molar-refractivity contribution in [1.82, 2.24) is 24.6 Å². The molecule has 0 aliphatic carbocycles. The van der Waals surface area contributed by atoms with Crippen molar-refractivity contribution in [2.24, 2.45) is 0 Å². The van der Waals surface area contributed by atoms with Gasteiger partial charge in [-0.05, 0) is 43.7 Å². The maximum atomic E-state index is 9.30. The van der Waals surface area contributed by atoms with Crippen LogP contribution in [0.3, 0.4) is 0 Å². The molecule has 1 saturated heterocycles. The molecule has 32 heavy (non-hydrogen) atoms. The van der Waals surface area contributed by atoms with Gasteiger partial charge >= 0.3 is 6.01 Å². The Hall–Kier alpha value is -2.94. The molecular weight excluding hydrogens is 406 g/mol. The Morgan fingerprint density at radius 1 is 1.16 bits per heavy atom. The number of hydrogen-bond acceptors (Lipinski definition) is 8. The number of fused-ring (bicyclic) bond motifs is 1. The summed E-state index contributed by atoms with van der Waals surface area (Å²) < 4.78 is 7.63. The van der Waals surface area contributed by atoms with Gasteiger partial charge in [-0.3, -0.25) is 0 Å². The van der Waals surface area contributed by atoms with Crippen LogP contribution in [-0.4, -0.2) is 55.5 Å². The SMILES string of the molecule is CCCC(CCO)Oc1nc(N)c2ncc(Cc3cnc(N4CCCCC4)c(C)c3)n2n1. The summed E-state index contributed by atoms with van der Waals surface area (Å²) in [6.07, 6.45) is 10.2. The number of imidazole rings is 1. The van der Waals surface area contributed by atoms with Gasteiger partial charge in [0.05, 0.1) is 11.9 Å². The fraction of sp³-hybridized carbons (Fsp3) is 0.565. The number of nitrogen functional groups attached to an aromatic ring is 1. The third-order valence-electron chi connectivity index (χ3n) is 5.92. The van der Waals surface area contributed by atoms with Crippen LogP contribution in [-0.2, 0) is 6.42 Å². The van der Waals surface area contributed by atoms with Gasteiger partial charge in [0.2, 0.25) is 0 Å². The number of anilines is 2. The summed E-state index contributed by atoms with van der Waals surface area (Å²) in [5, 5.41) is 13.8. The van der Waals surface area contributed by atoms with E-state index in [1.54, 1.807) is 10.7 Å². The molecule has 4 rings (SSSR count). The molecule has 1 fully saturated rings. The molecule has 0 radical (unpaired) electrons. The molecule has 4 heterocycles. The van der Waals surface area contributed by atoms with Crippen LogP contribution in [0.25, 0.3) is 5.65 Å². The van der Waals surface area contributed by atoms with E-state index in [2.05, 4.69) is 39.9 Å². The second kappa shape index (κ2) is 10.1. The Morgan fingerprint density at radius 3 is 2.69 bits per heavy atom. The van der Waals surface area contributed by atoms with Gasteiger partial charge in [-0.15, -0.1) is 5.10 Å². The fourth-order valence-electron chi connectivity index (χ4n) is 4.34. The highest BCUT2D eigenvalue weighted by Gasteiger charge is 2.18. The van der Waals surface area contributed by atoms with Crippen LogP contribution in [0.2, 0.25) is 0 Å². The molecule has 0 bridgehead atoms. The molecule has 0 spiro atoms. The average molecular weight is 440 g/mol. The third kappa shape index (κ3) is 4.93. The fourth-order valence-corrected chi connectivity index (χ4v) is 4.34. The Balaban J connectivity index is 1.56. The minimum absolute atomic E-state index is 0.0541. The Kier molecular flexibility index (Phi) is 7.04. The van der Waals surface area contributed by atoms with Gasteiger partial charge in [-0.2, -0.15) is 4.98 Å². The molecule has 0 aromatic carbocycles. The van der Waals surface area contributed by atoms with Gasteiger partial charge in [0.15, 0.2) is 11.5 Å². The molecule has 9 heteroatoms. The summed E-state index contributed by atoms with van der Waals surface area (Å²) in [6.45, 7) is 6.41. The lowest BCUT2D eigenvalue weighted by Crippen LogP contribution is -2.30. The average Bonchev–Trinajstić information content (AvgIpc) is 3.18. The van der Waals surface area contributed by atoms with Crippen molar-refractivity contribution < 1.29 is 9.84 Å². The molecule has 1 atom stereocenters. The molecule has 0 amide bonds. The Morgan fingerprint density at radius 2 is 1.97 bits per heavy atom. The maximum Gasteiger partial charge on any atom is 0.336 e. The predicted molar refractivity (Wildman–Crippen MR) is 124 cm³/mol. The number of nitrogens with zero attached hydrogens (tertiary/aromatic N) is 6. The van der Waals surface area contributed by atoms with Gasteiger partial charge in [-0.1, -0.05) is 19.4 Å². The normalized spacial score (nSPS) is 15.3. The van der Waals surface area contributed by atoms with Gasteiger partial charge in [-0.25, -0.2) is 14.5 Å². The first kappa shape index (κ1) is 22.3. The number of nitrogens with two attached hydrogens (primary N) is 1. The summed E-state index contributed by atoms with van der Waals surface area (Å²) in [6, 6.07) is 2.40. The zero-order chi connectivity index (χ0) is 22.5. The number of aliphatic hydroxyl groups excluding tert-OH is 1. The lowest BCUT2D eigenvalue weighted by atomic mass is 10.1. The van der Waals surface area contributed by atoms with E-state index >= 15 is 0 Å². The first-order chi connectivity index (χ1) is 15.6.